The average Bonchev–Trinajstić information content (AvgIpc) is 2.93. The highest BCUT2D eigenvalue weighted by Crippen LogP contribution is 2.40. The Kier molecular flexibility index (Phi) is 3.82. The van der Waals surface area contributed by atoms with Crippen LogP contribution in [0.2, 0.25) is 10.0 Å². The lowest BCUT2D eigenvalue weighted by Gasteiger charge is -2.30. The number of halogens is 2. The van der Waals surface area contributed by atoms with Gasteiger partial charge in [-0.25, -0.2) is 4.98 Å². The van der Waals surface area contributed by atoms with E-state index in [-0.39, 0.29) is 11.8 Å². The van der Waals surface area contributed by atoms with Crippen LogP contribution in [0.3, 0.4) is 0 Å². The monoisotopic (exact) mass is 371 g/mol. The predicted molar refractivity (Wildman–Crippen MR) is 101 cm³/mol. The Morgan fingerprint density at radius 2 is 1.92 bits per heavy atom. The van der Waals surface area contributed by atoms with Crippen molar-refractivity contribution in [1.29, 1.82) is 0 Å². The number of rotatable bonds is 2. The van der Waals surface area contributed by atoms with Crippen LogP contribution in [0.15, 0.2) is 53.7 Å². The van der Waals surface area contributed by atoms with Gasteiger partial charge in [0.05, 0.1) is 27.1 Å². The quantitative estimate of drug-likeness (QED) is 0.671. The summed E-state index contributed by atoms with van der Waals surface area (Å²) in [4.78, 5) is 17.1. The van der Waals surface area contributed by atoms with E-state index < -0.39 is 0 Å². The molecule has 25 heavy (non-hydrogen) atoms. The maximum atomic E-state index is 12.4. The number of carbonyl (C=O) groups excluding carboxylic acids is 1. The van der Waals surface area contributed by atoms with Gasteiger partial charge >= 0.3 is 0 Å². The SMILES string of the molecule is CC(=O)C1=C(C)Nc2nc3ccccc3n2C1c1ccc(Cl)c(Cl)c1. The third-order valence-electron chi connectivity index (χ3n) is 4.47. The van der Waals surface area contributed by atoms with Gasteiger partial charge in [-0.15, -0.1) is 0 Å². The Labute approximate surface area is 155 Å². The van der Waals surface area contributed by atoms with Crippen molar-refractivity contribution in [2.75, 3.05) is 5.32 Å². The second kappa shape index (κ2) is 5.90. The molecule has 0 radical (unpaired) electrons. The highest BCUT2D eigenvalue weighted by molar-refractivity contribution is 6.42. The molecule has 1 aliphatic heterocycles. The van der Waals surface area contributed by atoms with Crippen LogP contribution in [-0.2, 0) is 4.79 Å². The van der Waals surface area contributed by atoms with Crippen LogP contribution in [0.1, 0.15) is 25.5 Å². The summed E-state index contributed by atoms with van der Waals surface area (Å²) < 4.78 is 2.04. The van der Waals surface area contributed by atoms with E-state index in [1.165, 1.54) is 0 Å². The summed E-state index contributed by atoms with van der Waals surface area (Å²) in [6.45, 7) is 3.47. The smallest absolute Gasteiger partial charge is 0.209 e. The van der Waals surface area contributed by atoms with Crippen molar-refractivity contribution < 1.29 is 4.79 Å². The summed E-state index contributed by atoms with van der Waals surface area (Å²) in [7, 11) is 0. The van der Waals surface area contributed by atoms with Crippen molar-refractivity contribution in [2.24, 2.45) is 0 Å². The molecule has 1 atom stereocenters. The lowest BCUT2D eigenvalue weighted by Crippen LogP contribution is -2.27. The maximum Gasteiger partial charge on any atom is 0.209 e. The zero-order valence-corrected chi connectivity index (χ0v) is 15.2. The summed E-state index contributed by atoms with van der Waals surface area (Å²) in [5, 5.41) is 4.21. The number of carbonyl (C=O) groups is 1. The summed E-state index contributed by atoms with van der Waals surface area (Å²) in [5.74, 6) is 0.712. The van der Waals surface area contributed by atoms with Gasteiger partial charge in [0.2, 0.25) is 5.95 Å². The molecule has 1 aromatic heterocycles. The minimum atomic E-state index is -0.309. The third-order valence-corrected chi connectivity index (χ3v) is 5.21. The number of nitrogens with one attached hydrogen (secondary N) is 1. The van der Waals surface area contributed by atoms with Crippen LogP contribution in [0.25, 0.3) is 11.0 Å². The molecule has 1 aliphatic rings. The number of Topliss-reactive ketones (excluding diaryl/α,β-unsaturated/α-hetero) is 1. The van der Waals surface area contributed by atoms with E-state index in [9.17, 15) is 4.79 Å². The number of allylic oxidation sites excluding steroid dienone is 2. The second-order valence-electron chi connectivity index (χ2n) is 6.09. The molecule has 0 amide bonds. The zero-order chi connectivity index (χ0) is 17.7. The number of imidazole rings is 1. The predicted octanol–water partition coefficient (Wildman–Crippen LogP) is 5.22. The summed E-state index contributed by atoms with van der Waals surface area (Å²) in [6.07, 6.45) is 0. The molecule has 1 unspecified atom stereocenters. The molecular formula is C19H15Cl2N3O. The Hall–Kier alpha value is -2.30. The molecule has 2 heterocycles. The number of hydrogen-bond acceptors (Lipinski definition) is 3. The van der Waals surface area contributed by atoms with Crippen molar-refractivity contribution in [3.63, 3.8) is 0 Å². The molecule has 0 bridgehead atoms. The fraction of sp³-hybridized carbons (Fsp3) is 0.158. The van der Waals surface area contributed by atoms with Crippen LogP contribution >= 0.6 is 23.2 Å². The van der Waals surface area contributed by atoms with Gasteiger partial charge in [-0.1, -0.05) is 41.4 Å². The first-order chi connectivity index (χ1) is 12.0. The topological polar surface area (TPSA) is 46.9 Å². The van der Waals surface area contributed by atoms with Gasteiger partial charge in [0.15, 0.2) is 5.78 Å². The van der Waals surface area contributed by atoms with Crippen molar-refractivity contribution in [2.45, 2.75) is 19.9 Å². The van der Waals surface area contributed by atoms with E-state index in [1.807, 2.05) is 47.9 Å². The van der Waals surface area contributed by atoms with Crippen LogP contribution in [0.5, 0.6) is 0 Å². The van der Waals surface area contributed by atoms with Crippen LogP contribution in [0, 0.1) is 0 Å². The van der Waals surface area contributed by atoms with Gasteiger partial charge in [0, 0.05) is 11.3 Å². The van der Waals surface area contributed by atoms with E-state index in [4.69, 9.17) is 23.2 Å². The van der Waals surface area contributed by atoms with Crippen LogP contribution < -0.4 is 5.32 Å². The van der Waals surface area contributed by atoms with Gasteiger partial charge in [-0.3, -0.25) is 9.36 Å². The van der Waals surface area contributed by atoms with Gasteiger partial charge in [-0.2, -0.15) is 0 Å². The van der Waals surface area contributed by atoms with E-state index in [0.717, 1.165) is 22.3 Å². The molecular weight excluding hydrogens is 357 g/mol. The Bertz CT molecular complexity index is 1050. The number of ketones is 1. The second-order valence-corrected chi connectivity index (χ2v) is 6.90. The first kappa shape index (κ1) is 16.2. The highest BCUT2D eigenvalue weighted by atomic mass is 35.5. The van der Waals surface area contributed by atoms with Gasteiger partial charge in [0.25, 0.3) is 0 Å². The first-order valence-corrected chi connectivity index (χ1v) is 8.63. The van der Waals surface area contributed by atoms with Crippen molar-refractivity contribution in [3.8, 4) is 0 Å². The van der Waals surface area contributed by atoms with Gasteiger partial charge < -0.3 is 5.32 Å². The number of aromatic nitrogens is 2. The number of nitrogens with zero attached hydrogens (tertiary/aromatic N) is 2. The Morgan fingerprint density at radius 1 is 1.16 bits per heavy atom. The van der Waals surface area contributed by atoms with E-state index in [1.54, 1.807) is 13.0 Å². The molecule has 4 nitrogen and oxygen atoms in total. The Morgan fingerprint density at radius 3 is 2.64 bits per heavy atom. The average molecular weight is 372 g/mol. The normalized spacial score (nSPS) is 16.7. The third kappa shape index (κ3) is 2.53. The van der Waals surface area contributed by atoms with Crippen LogP contribution in [0.4, 0.5) is 5.95 Å². The minimum absolute atomic E-state index is 0.00417. The number of fused-ring (bicyclic) bond motifs is 3. The van der Waals surface area contributed by atoms with E-state index >= 15 is 0 Å². The molecule has 0 aliphatic carbocycles. The largest absolute Gasteiger partial charge is 0.329 e. The fourth-order valence-electron chi connectivity index (χ4n) is 3.42. The minimum Gasteiger partial charge on any atom is -0.329 e. The molecule has 2 aromatic carbocycles. The number of hydrogen-bond donors (Lipinski definition) is 1. The van der Waals surface area contributed by atoms with Gasteiger partial charge in [0.1, 0.15) is 0 Å². The van der Waals surface area contributed by atoms with E-state index in [2.05, 4.69) is 10.3 Å². The summed E-state index contributed by atoms with van der Waals surface area (Å²) in [5.41, 5.74) is 4.20. The van der Waals surface area contributed by atoms with E-state index in [0.29, 0.717) is 21.6 Å². The highest BCUT2D eigenvalue weighted by Gasteiger charge is 2.32. The lowest BCUT2D eigenvalue weighted by atomic mass is 9.92. The molecule has 3 aromatic rings. The summed E-state index contributed by atoms with van der Waals surface area (Å²) in [6, 6.07) is 13.0. The molecule has 6 heteroatoms. The van der Waals surface area contributed by atoms with Gasteiger partial charge in [-0.05, 0) is 43.7 Å². The number of benzene rings is 2. The molecule has 0 fully saturated rings. The maximum absolute atomic E-state index is 12.4. The number of para-hydroxylation sites is 2. The van der Waals surface area contributed by atoms with Crippen molar-refractivity contribution >= 4 is 46.0 Å². The Balaban J connectivity index is 2.04. The fourth-order valence-corrected chi connectivity index (χ4v) is 3.72. The molecule has 0 spiro atoms. The number of anilines is 1. The molecule has 1 N–H and O–H groups in total. The molecule has 4 rings (SSSR count). The zero-order valence-electron chi connectivity index (χ0n) is 13.7. The molecule has 0 saturated heterocycles. The molecule has 0 saturated carbocycles. The van der Waals surface area contributed by atoms with Crippen molar-refractivity contribution in [1.82, 2.24) is 9.55 Å². The lowest BCUT2D eigenvalue weighted by molar-refractivity contribution is -0.114. The van der Waals surface area contributed by atoms with Crippen molar-refractivity contribution in [3.05, 3.63) is 69.3 Å². The standard InChI is InChI=1S/C19H15Cl2N3O/c1-10-17(11(2)25)18(12-7-8-13(20)14(21)9-12)24-16-6-4-3-5-15(16)23-19(24)22-10/h3-9,18H,1-2H3,(H,22,23). The summed E-state index contributed by atoms with van der Waals surface area (Å²) >= 11 is 12.3. The van der Waals surface area contributed by atoms with Crippen LogP contribution in [-0.4, -0.2) is 15.3 Å². The molecule has 126 valence electrons. The first-order valence-electron chi connectivity index (χ1n) is 7.88.